The first-order valence-electron chi connectivity index (χ1n) is 8.72. The molecule has 0 saturated heterocycles. The molecule has 0 radical (unpaired) electrons. The van der Waals surface area contributed by atoms with Crippen LogP contribution in [0, 0.1) is 5.92 Å². The Bertz CT molecular complexity index is 734. The van der Waals surface area contributed by atoms with E-state index in [1.54, 1.807) is 0 Å². The van der Waals surface area contributed by atoms with Crippen LogP contribution in [-0.4, -0.2) is 0 Å². The Morgan fingerprint density at radius 3 is 1.00 bits per heavy atom. The van der Waals surface area contributed by atoms with Gasteiger partial charge in [0.1, 0.15) is 0 Å². The van der Waals surface area contributed by atoms with Crippen molar-refractivity contribution >= 4 is 27.9 Å². The van der Waals surface area contributed by atoms with Crippen molar-refractivity contribution in [3.63, 3.8) is 0 Å². The van der Waals surface area contributed by atoms with E-state index in [-0.39, 0.29) is 0 Å². The molecule has 4 heteroatoms. The third-order valence-electron chi connectivity index (χ3n) is 3.74. The van der Waals surface area contributed by atoms with E-state index in [9.17, 15) is 0 Å². The first-order valence-corrected chi connectivity index (χ1v) is 15.2. The van der Waals surface area contributed by atoms with Gasteiger partial charge in [0, 0.05) is 0 Å². The van der Waals surface area contributed by atoms with Gasteiger partial charge in [-0.15, -0.1) is 0 Å². The van der Waals surface area contributed by atoms with E-state index >= 15 is 0 Å². The van der Waals surface area contributed by atoms with Crippen molar-refractivity contribution in [3.05, 3.63) is 144 Å². The van der Waals surface area contributed by atoms with Crippen LogP contribution in [0.2, 0.25) is 0 Å². The van der Waals surface area contributed by atoms with Crippen LogP contribution in [0.25, 0.3) is 0 Å². The first kappa shape index (κ1) is 22.8. The maximum atomic E-state index is 4.97. The summed E-state index contributed by atoms with van der Waals surface area (Å²) in [4.78, 5) is 0. The molecule has 0 unspecified atom stereocenters. The normalized spacial score (nSPS) is 9.25. The number of benzene rings is 3. The van der Waals surface area contributed by atoms with Crippen LogP contribution in [0.5, 0.6) is 0 Å². The van der Waals surface area contributed by atoms with E-state index in [1.807, 2.05) is 30.3 Å². The zero-order chi connectivity index (χ0) is 20.0. The van der Waals surface area contributed by atoms with Crippen LogP contribution in [-0.2, 0) is 14.7 Å². The van der Waals surface area contributed by atoms with Crippen molar-refractivity contribution < 1.29 is 14.7 Å². The Morgan fingerprint density at radius 1 is 0.500 bits per heavy atom. The molecule has 0 heterocycles. The van der Waals surface area contributed by atoms with Crippen molar-refractivity contribution in [1.82, 2.24) is 0 Å². The fourth-order valence-corrected chi connectivity index (χ4v) is 2.64. The Kier molecular flexibility index (Phi) is 11.1. The molecule has 0 aliphatic heterocycles. The van der Waals surface area contributed by atoms with Gasteiger partial charge in [0.05, 0.1) is 0 Å². The quantitative estimate of drug-likeness (QED) is 0.164. The van der Waals surface area contributed by atoms with Gasteiger partial charge in [-0.3, -0.25) is 0 Å². The molecule has 4 aromatic rings. The molecule has 0 atom stereocenters. The smallest absolute Gasteiger partial charge is 0.0710 e. The van der Waals surface area contributed by atoms with Crippen LogP contribution in [0.4, 0.5) is 0 Å². The largest absolute Gasteiger partial charge is 0.214 e. The van der Waals surface area contributed by atoms with E-state index in [0.717, 1.165) is 0 Å². The molecule has 0 aliphatic carbocycles. The first-order chi connectivity index (χ1) is 13.7. The SMILES string of the molecule is [Cl][Ti]([Cl])[Cl].c1cc[cH-]c1.c1ccc([C-](c2ccccc2)c2ccccc2)cc1. The van der Waals surface area contributed by atoms with Crippen LogP contribution < -0.4 is 0 Å². The average molecular weight is 463 g/mol. The summed E-state index contributed by atoms with van der Waals surface area (Å²) in [5.41, 5.74) is 3.75. The second kappa shape index (κ2) is 13.6. The minimum atomic E-state index is -1.92. The predicted molar refractivity (Wildman–Crippen MR) is 119 cm³/mol. The van der Waals surface area contributed by atoms with Crippen molar-refractivity contribution in [2.75, 3.05) is 0 Å². The third-order valence-corrected chi connectivity index (χ3v) is 3.74. The van der Waals surface area contributed by atoms with Gasteiger partial charge in [0.15, 0.2) is 0 Å². The van der Waals surface area contributed by atoms with Gasteiger partial charge >= 0.3 is 42.6 Å². The number of rotatable bonds is 3. The molecule has 4 aromatic carbocycles. The van der Waals surface area contributed by atoms with Gasteiger partial charge in [-0.1, -0.05) is 114 Å². The molecule has 0 aromatic heterocycles. The number of hydrogen-bond donors (Lipinski definition) is 0. The zero-order valence-corrected chi connectivity index (χ0v) is 19.0. The number of hydrogen-bond acceptors (Lipinski definition) is 0. The van der Waals surface area contributed by atoms with E-state index < -0.39 is 14.7 Å². The summed E-state index contributed by atoms with van der Waals surface area (Å²) < 4.78 is 0. The molecule has 0 bridgehead atoms. The van der Waals surface area contributed by atoms with Gasteiger partial charge in [0.2, 0.25) is 0 Å². The van der Waals surface area contributed by atoms with Crippen LogP contribution >= 0.6 is 27.9 Å². The second-order valence-corrected chi connectivity index (χ2v) is 13.4. The van der Waals surface area contributed by atoms with Crippen molar-refractivity contribution in [2.24, 2.45) is 0 Å². The van der Waals surface area contributed by atoms with E-state index in [1.165, 1.54) is 22.6 Å². The average Bonchev–Trinajstić information content (AvgIpc) is 3.31. The fraction of sp³-hybridized carbons (Fsp3) is 0. The fourth-order valence-electron chi connectivity index (χ4n) is 2.64. The van der Waals surface area contributed by atoms with E-state index in [4.69, 9.17) is 27.9 Å². The Morgan fingerprint density at radius 2 is 0.786 bits per heavy atom. The van der Waals surface area contributed by atoms with Gasteiger partial charge in [-0.05, 0) is 0 Å². The molecule has 4 rings (SSSR count). The maximum Gasteiger partial charge on any atom is -0.0710 e. The predicted octanol–water partition coefficient (Wildman–Crippen LogP) is 8.18. The van der Waals surface area contributed by atoms with Crippen LogP contribution in [0.1, 0.15) is 16.7 Å². The molecule has 28 heavy (non-hydrogen) atoms. The Labute approximate surface area is 185 Å². The Balaban J connectivity index is 0.000000259. The van der Waals surface area contributed by atoms with Gasteiger partial charge in [0.25, 0.3) is 0 Å². The second-order valence-electron chi connectivity index (χ2n) is 5.65. The van der Waals surface area contributed by atoms with Gasteiger partial charge in [-0.2, -0.15) is 18.2 Å². The molecule has 0 N–H and O–H groups in total. The monoisotopic (exact) mass is 461 g/mol. The molecule has 0 fully saturated rings. The molecule has 0 saturated carbocycles. The van der Waals surface area contributed by atoms with Gasteiger partial charge in [-0.25, -0.2) is 12.1 Å². The minimum absolute atomic E-state index is 1.25. The summed E-state index contributed by atoms with van der Waals surface area (Å²) in [6, 6.07) is 41.6. The molecule has 0 amide bonds. The van der Waals surface area contributed by atoms with Crippen LogP contribution in [0.3, 0.4) is 0 Å². The van der Waals surface area contributed by atoms with Crippen molar-refractivity contribution in [1.29, 1.82) is 0 Å². The van der Waals surface area contributed by atoms with E-state index in [0.29, 0.717) is 0 Å². The molecule has 0 spiro atoms. The summed E-state index contributed by atoms with van der Waals surface area (Å²) in [6.07, 6.45) is 0. The summed E-state index contributed by atoms with van der Waals surface area (Å²) in [7, 11) is 14.9. The molecular weight excluding hydrogens is 442 g/mol. The van der Waals surface area contributed by atoms with Crippen molar-refractivity contribution in [3.8, 4) is 0 Å². The maximum absolute atomic E-state index is 4.97. The summed E-state index contributed by atoms with van der Waals surface area (Å²) in [6.45, 7) is 0. The minimum Gasteiger partial charge on any atom is -0.214 e. The molecule has 143 valence electrons. The standard InChI is InChI=1S/C19H15.C5H5.3ClH.Ti/c1-4-10-16(11-5-1)19(17-12-6-2-7-13-17)18-14-8-3-9-15-18;1-2-4-5-3-1;;;;/h1-15H;1-5H;3*1H;/q2*-1;;;;+3/p-3. The third kappa shape index (κ3) is 8.65. The summed E-state index contributed by atoms with van der Waals surface area (Å²) in [5.74, 6) is 1.28. The molecular formula is C24H20Cl3Ti-2. The van der Waals surface area contributed by atoms with Crippen LogP contribution in [0.15, 0.2) is 121 Å². The molecule has 0 nitrogen and oxygen atoms in total. The topological polar surface area (TPSA) is 0 Å². The zero-order valence-electron chi connectivity index (χ0n) is 15.2. The Hall–Kier alpha value is -1.54. The van der Waals surface area contributed by atoms with Gasteiger partial charge < -0.3 is 0 Å². The summed E-state index contributed by atoms with van der Waals surface area (Å²) in [5, 5.41) is 0. The molecule has 0 aliphatic rings. The van der Waals surface area contributed by atoms with E-state index in [2.05, 4.69) is 91.0 Å². The number of halogens is 3. The summed E-state index contributed by atoms with van der Waals surface area (Å²) >= 11 is -1.92. The van der Waals surface area contributed by atoms with Crippen molar-refractivity contribution in [2.45, 2.75) is 0 Å².